The fourth-order valence-electron chi connectivity index (χ4n) is 1.35. The second-order valence-corrected chi connectivity index (χ2v) is 6.49. The Morgan fingerprint density at radius 3 is 1.29 bits per heavy atom. The van der Waals surface area contributed by atoms with Gasteiger partial charge in [0.1, 0.15) is 0 Å². The Kier molecular flexibility index (Phi) is 11.6. The van der Waals surface area contributed by atoms with Crippen molar-refractivity contribution >= 4 is 7.81 Å². The molecule has 0 saturated carbocycles. The molecule has 3 rings (SSSR count). The molecule has 0 N–H and O–H groups in total. The van der Waals surface area contributed by atoms with Gasteiger partial charge in [-0.2, -0.15) is 23.5 Å². The topological polar surface area (TPSA) is 49.6 Å². The zero-order valence-corrected chi connectivity index (χ0v) is 17.0. The van der Waals surface area contributed by atoms with Crippen LogP contribution in [-0.4, -0.2) is 9.97 Å². The van der Waals surface area contributed by atoms with E-state index in [2.05, 4.69) is 9.97 Å². The molecular weight excluding hydrogens is 492 g/mol. The third-order valence-corrected chi connectivity index (χ3v) is 2.15. The number of nitriles is 1. The quantitative estimate of drug-likeness (QED) is 0.148. The first-order chi connectivity index (χ1) is 12.3. The molecule has 1 aromatic carbocycles. The zero-order valence-electron chi connectivity index (χ0n) is 14.4. The van der Waals surface area contributed by atoms with Crippen LogP contribution in [0.5, 0.6) is 0 Å². The Bertz CT molecular complexity index is 724. The molecule has 0 aliphatic rings. The van der Waals surface area contributed by atoms with E-state index in [1.807, 2.05) is 66.7 Å². The van der Waals surface area contributed by atoms with Crippen LogP contribution in [0, 0.1) is 11.3 Å². The first-order valence-corrected chi connectivity index (χ1v) is 9.22. The van der Waals surface area contributed by atoms with Gasteiger partial charge in [-0.1, -0.05) is 12.1 Å². The Hall–Kier alpha value is -2.23. The monoisotopic (exact) mass is 509 g/mol. The van der Waals surface area contributed by atoms with E-state index in [9.17, 15) is 25.2 Å². The van der Waals surface area contributed by atoms with Crippen molar-refractivity contribution in [1.82, 2.24) is 9.97 Å². The summed E-state index contributed by atoms with van der Waals surface area (Å²) in [5, 5.41) is 7.32. The zero-order chi connectivity index (χ0) is 20.9. The van der Waals surface area contributed by atoms with Crippen LogP contribution < -0.4 is 0 Å². The summed E-state index contributed by atoms with van der Waals surface area (Å²) in [6, 6.07) is 23.3. The van der Waals surface area contributed by atoms with Gasteiger partial charge in [-0.15, -0.1) is 0 Å². The fraction of sp³-hybridized carbons (Fsp3) is 0.0588. The van der Waals surface area contributed by atoms with Crippen molar-refractivity contribution in [3.8, 4) is 17.5 Å². The van der Waals surface area contributed by atoms with Crippen LogP contribution in [0.15, 0.2) is 79.1 Å². The second-order valence-electron chi connectivity index (χ2n) is 4.57. The first kappa shape index (κ1) is 28.0. The summed E-state index contributed by atoms with van der Waals surface area (Å²) in [5.74, 6) is 0. The standard InChI is InChI=1S/C10H8N2.C5H5.C2H3N.F6P.Ru/c1-3-7-11-9(5-1)10-6-2-4-8-12-10;1-2-4-5-3-1;1-2-3;1-7(2,3,4,5)6;/h1-8H;1-5H;1H3;;/q;-1;;-1;+2. The van der Waals surface area contributed by atoms with Gasteiger partial charge < -0.3 is 0 Å². The molecule has 0 fully saturated rings. The summed E-state index contributed by atoms with van der Waals surface area (Å²) in [4.78, 5) is 8.37. The minimum absolute atomic E-state index is 0. The maximum atomic E-state index is 9.87. The molecule has 0 aliphatic heterocycles. The number of hydrogen-bond acceptors (Lipinski definition) is 3. The average molecular weight is 508 g/mol. The van der Waals surface area contributed by atoms with Gasteiger partial charge in [0.25, 0.3) is 0 Å². The van der Waals surface area contributed by atoms with E-state index in [0.717, 1.165) is 11.4 Å². The maximum Gasteiger partial charge on any atom is 2.00 e. The summed E-state index contributed by atoms with van der Waals surface area (Å²) in [5.41, 5.74) is 1.83. The molecule has 28 heavy (non-hydrogen) atoms. The van der Waals surface area contributed by atoms with Gasteiger partial charge in [-0.3, -0.25) is 9.97 Å². The molecule has 0 bridgehead atoms. The van der Waals surface area contributed by atoms with E-state index in [1.54, 1.807) is 18.5 Å². The summed E-state index contributed by atoms with van der Waals surface area (Å²) >= 11 is 0. The minimum Gasteiger partial charge on any atom is -0.255 e. The summed E-state index contributed by atoms with van der Waals surface area (Å²) < 4.78 is 59.2. The number of aromatic nitrogens is 2. The van der Waals surface area contributed by atoms with Crippen molar-refractivity contribution < 1.29 is 44.7 Å². The molecule has 154 valence electrons. The Morgan fingerprint density at radius 1 is 0.786 bits per heavy atom. The van der Waals surface area contributed by atoms with Gasteiger partial charge >= 0.3 is 52.5 Å². The number of rotatable bonds is 1. The molecule has 3 nitrogen and oxygen atoms in total. The predicted molar refractivity (Wildman–Crippen MR) is 94.4 cm³/mol. The summed E-state index contributed by atoms with van der Waals surface area (Å²) in [6.45, 7) is 1.43. The number of pyridine rings is 2. The van der Waals surface area contributed by atoms with E-state index in [-0.39, 0.29) is 19.5 Å². The molecule has 0 radical (unpaired) electrons. The van der Waals surface area contributed by atoms with Gasteiger partial charge in [-0.25, -0.2) is 12.1 Å². The minimum atomic E-state index is -10.7. The SMILES string of the molecule is CC#N.F[P-](F)(F)(F)(F)F.[Ru+2].c1cc[cH-]c1.c1ccc(-c2ccccn2)nc1. The summed E-state index contributed by atoms with van der Waals surface area (Å²) in [6.07, 6.45) is 3.54. The molecule has 3 aromatic rings. The van der Waals surface area contributed by atoms with Crippen LogP contribution in [0.25, 0.3) is 11.4 Å². The van der Waals surface area contributed by atoms with Crippen molar-refractivity contribution in [2.45, 2.75) is 6.92 Å². The van der Waals surface area contributed by atoms with Crippen LogP contribution in [0.3, 0.4) is 0 Å². The molecule has 0 amide bonds. The smallest absolute Gasteiger partial charge is 0.255 e. The van der Waals surface area contributed by atoms with Crippen LogP contribution in [0.4, 0.5) is 25.2 Å². The van der Waals surface area contributed by atoms with Crippen molar-refractivity contribution in [3.05, 3.63) is 79.1 Å². The molecule has 2 aromatic heterocycles. The first-order valence-electron chi connectivity index (χ1n) is 7.20. The van der Waals surface area contributed by atoms with Gasteiger partial charge in [0.2, 0.25) is 0 Å². The molecule has 0 saturated heterocycles. The molecular formula is C17H16F6N3PRu. The number of hydrogen-bond donors (Lipinski definition) is 0. The van der Waals surface area contributed by atoms with Crippen molar-refractivity contribution in [2.75, 3.05) is 0 Å². The predicted octanol–water partition coefficient (Wildman–Crippen LogP) is 7.46. The molecule has 0 unspecified atom stereocenters. The fourth-order valence-corrected chi connectivity index (χ4v) is 1.35. The molecule has 2 heterocycles. The largest absolute Gasteiger partial charge is 2.00 e. The molecule has 11 heteroatoms. The normalized spacial score (nSPS) is 11.6. The van der Waals surface area contributed by atoms with E-state index in [0.29, 0.717) is 0 Å². The van der Waals surface area contributed by atoms with E-state index >= 15 is 0 Å². The summed E-state index contributed by atoms with van der Waals surface area (Å²) in [7, 11) is -10.7. The molecule has 0 atom stereocenters. The van der Waals surface area contributed by atoms with E-state index in [1.165, 1.54) is 6.92 Å². The number of halogens is 6. The molecule has 0 spiro atoms. The second kappa shape index (κ2) is 11.6. The molecule has 0 aliphatic carbocycles. The van der Waals surface area contributed by atoms with Gasteiger partial charge in [0, 0.05) is 19.3 Å². The van der Waals surface area contributed by atoms with Crippen molar-refractivity contribution in [3.63, 3.8) is 0 Å². The van der Waals surface area contributed by atoms with Crippen LogP contribution >= 0.6 is 7.81 Å². The number of nitrogens with zero attached hydrogens (tertiary/aromatic N) is 3. The van der Waals surface area contributed by atoms with E-state index in [4.69, 9.17) is 5.26 Å². The maximum absolute atomic E-state index is 10.7. The Morgan fingerprint density at radius 2 is 1.11 bits per heavy atom. The van der Waals surface area contributed by atoms with Crippen LogP contribution in [0.2, 0.25) is 0 Å². The van der Waals surface area contributed by atoms with Crippen molar-refractivity contribution in [1.29, 1.82) is 5.26 Å². The van der Waals surface area contributed by atoms with Gasteiger partial charge in [-0.05, 0) is 24.3 Å². The van der Waals surface area contributed by atoms with E-state index < -0.39 is 7.81 Å². The van der Waals surface area contributed by atoms with Gasteiger partial charge in [0.15, 0.2) is 0 Å². The van der Waals surface area contributed by atoms with Crippen LogP contribution in [-0.2, 0) is 19.5 Å². The Labute approximate surface area is 171 Å². The van der Waals surface area contributed by atoms with Crippen molar-refractivity contribution in [2.24, 2.45) is 0 Å². The average Bonchev–Trinajstić information content (AvgIpc) is 3.14. The van der Waals surface area contributed by atoms with Gasteiger partial charge in [0.05, 0.1) is 17.5 Å². The Balaban J connectivity index is 0. The van der Waals surface area contributed by atoms with Crippen LogP contribution in [0.1, 0.15) is 6.92 Å². The third kappa shape index (κ3) is 23.8. The third-order valence-electron chi connectivity index (χ3n) is 2.15.